The van der Waals surface area contributed by atoms with E-state index in [9.17, 15) is 0 Å². The van der Waals surface area contributed by atoms with Gasteiger partial charge in [0.2, 0.25) is 0 Å². The summed E-state index contributed by atoms with van der Waals surface area (Å²) in [6, 6.07) is 21.9. The van der Waals surface area contributed by atoms with Crippen molar-refractivity contribution in [1.82, 2.24) is 20.8 Å². The van der Waals surface area contributed by atoms with Gasteiger partial charge in [-0.2, -0.15) is 0 Å². The zero-order valence-corrected chi connectivity index (χ0v) is 19.0. The molecule has 0 bridgehead atoms. The molecule has 1 aromatic heterocycles. The summed E-state index contributed by atoms with van der Waals surface area (Å²) in [6.07, 6.45) is 0. The SMILES string of the molecule is Nc1ccc2c(Nc3ccc(C4=NCCN4)cc3)nnc(Nc3ccc(C4=NCCN4)cc3)c2c1. The number of aromatic nitrogens is 2. The van der Waals surface area contributed by atoms with Gasteiger partial charge in [0.25, 0.3) is 0 Å². The maximum absolute atomic E-state index is 6.12. The molecule has 3 heterocycles. The summed E-state index contributed by atoms with van der Waals surface area (Å²) < 4.78 is 0. The third kappa shape index (κ3) is 4.31. The first-order valence-electron chi connectivity index (χ1n) is 11.6. The molecule has 0 saturated carbocycles. The van der Waals surface area contributed by atoms with E-state index >= 15 is 0 Å². The van der Waals surface area contributed by atoms with Crippen LogP contribution in [-0.4, -0.2) is 48.0 Å². The molecule has 2 aliphatic rings. The Labute approximate surface area is 202 Å². The minimum atomic E-state index is 0.641. The van der Waals surface area contributed by atoms with E-state index < -0.39 is 0 Å². The van der Waals surface area contributed by atoms with Crippen molar-refractivity contribution in [2.45, 2.75) is 0 Å². The fourth-order valence-electron chi connectivity index (χ4n) is 4.24. The highest BCUT2D eigenvalue weighted by atomic mass is 15.2. The van der Waals surface area contributed by atoms with Gasteiger partial charge in [-0.1, -0.05) is 0 Å². The van der Waals surface area contributed by atoms with Crippen LogP contribution in [0.4, 0.5) is 28.7 Å². The molecule has 4 aromatic rings. The summed E-state index contributed by atoms with van der Waals surface area (Å²) in [7, 11) is 0. The van der Waals surface area contributed by atoms with Crippen molar-refractivity contribution >= 4 is 51.1 Å². The van der Waals surface area contributed by atoms with E-state index in [2.05, 4.69) is 41.4 Å². The second-order valence-electron chi connectivity index (χ2n) is 8.42. The molecule has 0 spiro atoms. The molecule has 9 nitrogen and oxygen atoms in total. The zero-order chi connectivity index (χ0) is 23.6. The Bertz CT molecular complexity index is 1440. The monoisotopic (exact) mass is 463 g/mol. The highest BCUT2D eigenvalue weighted by Gasteiger charge is 2.13. The summed E-state index contributed by atoms with van der Waals surface area (Å²) in [5.41, 5.74) is 10.7. The van der Waals surface area contributed by atoms with E-state index in [4.69, 9.17) is 5.73 Å². The number of rotatable bonds is 6. The van der Waals surface area contributed by atoms with E-state index in [0.717, 1.165) is 71.1 Å². The fourth-order valence-corrected chi connectivity index (χ4v) is 4.24. The van der Waals surface area contributed by atoms with Crippen molar-refractivity contribution in [1.29, 1.82) is 0 Å². The second-order valence-corrected chi connectivity index (χ2v) is 8.42. The van der Waals surface area contributed by atoms with Crippen LogP contribution in [0.2, 0.25) is 0 Å². The number of amidine groups is 2. The topological polar surface area (TPSA) is 125 Å². The van der Waals surface area contributed by atoms with Gasteiger partial charge in [-0.05, 0) is 66.7 Å². The number of nitrogen functional groups attached to an aromatic ring is 1. The van der Waals surface area contributed by atoms with Crippen LogP contribution < -0.4 is 27.0 Å². The fraction of sp³-hybridized carbons (Fsp3) is 0.154. The van der Waals surface area contributed by atoms with Gasteiger partial charge in [-0.25, -0.2) is 0 Å². The van der Waals surface area contributed by atoms with Gasteiger partial charge >= 0.3 is 0 Å². The average molecular weight is 464 g/mol. The van der Waals surface area contributed by atoms with Crippen molar-refractivity contribution in [2.24, 2.45) is 9.98 Å². The molecule has 0 atom stereocenters. The molecule has 0 radical (unpaired) electrons. The second kappa shape index (κ2) is 8.94. The quantitative estimate of drug-likeness (QED) is 0.278. The Kier molecular flexibility index (Phi) is 5.34. The van der Waals surface area contributed by atoms with E-state index in [-0.39, 0.29) is 0 Å². The molecule has 2 aliphatic heterocycles. The Hall–Kier alpha value is -4.66. The number of hydrogen-bond acceptors (Lipinski definition) is 9. The molecular weight excluding hydrogens is 438 g/mol. The van der Waals surface area contributed by atoms with Gasteiger partial charge in [0.15, 0.2) is 11.6 Å². The first-order chi connectivity index (χ1) is 17.2. The van der Waals surface area contributed by atoms with Crippen LogP contribution in [0.5, 0.6) is 0 Å². The molecular formula is C26H25N9. The third-order valence-electron chi connectivity index (χ3n) is 5.99. The summed E-state index contributed by atoms with van der Waals surface area (Å²) >= 11 is 0. The van der Waals surface area contributed by atoms with Crippen LogP contribution >= 0.6 is 0 Å². The minimum absolute atomic E-state index is 0.641. The highest BCUT2D eigenvalue weighted by molar-refractivity contribution is 6.03. The maximum atomic E-state index is 6.12. The molecule has 0 aliphatic carbocycles. The summed E-state index contributed by atoms with van der Waals surface area (Å²) in [4.78, 5) is 8.94. The highest BCUT2D eigenvalue weighted by Crippen LogP contribution is 2.31. The summed E-state index contributed by atoms with van der Waals surface area (Å²) in [5, 5.41) is 24.1. The normalized spacial score (nSPS) is 14.7. The predicted octanol–water partition coefficient (Wildman–Crippen LogP) is 3.40. The number of anilines is 5. The third-order valence-corrected chi connectivity index (χ3v) is 5.99. The van der Waals surface area contributed by atoms with Gasteiger partial charge in [0.05, 0.1) is 13.1 Å². The van der Waals surface area contributed by atoms with Crippen LogP contribution in [0, 0.1) is 0 Å². The van der Waals surface area contributed by atoms with E-state index in [0.29, 0.717) is 17.3 Å². The predicted molar refractivity (Wildman–Crippen MR) is 142 cm³/mol. The van der Waals surface area contributed by atoms with Crippen molar-refractivity contribution in [3.05, 3.63) is 77.9 Å². The lowest BCUT2D eigenvalue weighted by molar-refractivity contribution is 0.960. The molecule has 3 aromatic carbocycles. The van der Waals surface area contributed by atoms with E-state index in [1.807, 2.05) is 66.7 Å². The minimum Gasteiger partial charge on any atom is -0.399 e. The number of aliphatic imine (C=N–C) groups is 2. The lowest BCUT2D eigenvalue weighted by Gasteiger charge is -2.13. The number of hydrogen-bond donors (Lipinski definition) is 5. The van der Waals surface area contributed by atoms with Crippen LogP contribution in [0.25, 0.3) is 10.8 Å². The van der Waals surface area contributed by atoms with Crippen molar-refractivity contribution in [2.75, 3.05) is 42.5 Å². The molecule has 0 amide bonds. The van der Waals surface area contributed by atoms with Crippen molar-refractivity contribution < 1.29 is 0 Å². The van der Waals surface area contributed by atoms with Crippen LogP contribution in [0.3, 0.4) is 0 Å². The molecule has 0 unspecified atom stereocenters. The number of fused-ring (bicyclic) bond motifs is 1. The average Bonchev–Trinajstić information content (AvgIpc) is 3.62. The smallest absolute Gasteiger partial charge is 0.161 e. The first-order valence-corrected chi connectivity index (χ1v) is 11.6. The Morgan fingerprint density at radius 3 is 1.63 bits per heavy atom. The zero-order valence-electron chi connectivity index (χ0n) is 19.0. The maximum Gasteiger partial charge on any atom is 0.161 e. The van der Waals surface area contributed by atoms with Gasteiger partial charge in [-0.3, -0.25) is 9.98 Å². The molecule has 35 heavy (non-hydrogen) atoms. The lowest BCUT2D eigenvalue weighted by Crippen LogP contribution is -2.19. The van der Waals surface area contributed by atoms with Gasteiger partial charge < -0.3 is 27.0 Å². The largest absolute Gasteiger partial charge is 0.399 e. The van der Waals surface area contributed by atoms with Crippen molar-refractivity contribution in [3.8, 4) is 0 Å². The Balaban J connectivity index is 1.27. The van der Waals surface area contributed by atoms with Crippen LogP contribution in [0.1, 0.15) is 11.1 Å². The molecule has 6 N–H and O–H groups in total. The van der Waals surface area contributed by atoms with Crippen LogP contribution in [-0.2, 0) is 0 Å². The molecule has 174 valence electrons. The van der Waals surface area contributed by atoms with Gasteiger partial charge in [-0.15, -0.1) is 10.2 Å². The Morgan fingerprint density at radius 1 is 0.629 bits per heavy atom. The molecule has 6 rings (SSSR count). The number of nitrogens with one attached hydrogen (secondary N) is 4. The van der Waals surface area contributed by atoms with Crippen molar-refractivity contribution in [3.63, 3.8) is 0 Å². The standard InChI is InChI=1S/C26H25N9/c27-18-5-10-21-22(15-18)26(33-20-8-3-17(4-9-20)24-30-13-14-31-24)35-34-25(21)32-19-6-1-16(2-7-19)23-28-11-12-29-23/h1-10,15H,11-14,27H2,(H,28,29)(H,30,31)(H,32,34)(H,33,35). The number of benzene rings is 3. The molecule has 0 saturated heterocycles. The van der Waals surface area contributed by atoms with Crippen LogP contribution in [0.15, 0.2) is 76.7 Å². The molecule has 9 heteroatoms. The van der Waals surface area contributed by atoms with Gasteiger partial charge in [0.1, 0.15) is 11.7 Å². The Morgan fingerprint density at radius 2 is 1.14 bits per heavy atom. The number of nitrogens with zero attached hydrogens (tertiary/aromatic N) is 4. The van der Waals surface area contributed by atoms with E-state index in [1.54, 1.807) is 0 Å². The lowest BCUT2D eigenvalue weighted by atomic mass is 10.1. The van der Waals surface area contributed by atoms with Gasteiger partial charge in [0, 0.05) is 52.1 Å². The molecule has 0 fully saturated rings. The first kappa shape index (κ1) is 20.9. The number of nitrogens with two attached hydrogens (primary N) is 1. The summed E-state index contributed by atoms with van der Waals surface area (Å²) in [6.45, 7) is 3.40. The summed E-state index contributed by atoms with van der Waals surface area (Å²) in [5.74, 6) is 3.18. The van der Waals surface area contributed by atoms with E-state index in [1.165, 1.54) is 0 Å².